The van der Waals surface area contributed by atoms with Crippen molar-refractivity contribution >= 4 is 22.8 Å². The molecule has 0 radical (unpaired) electrons. The molecule has 1 saturated carbocycles. The lowest BCUT2D eigenvalue weighted by Gasteiger charge is -2.32. The molecule has 6 rings (SSSR count). The summed E-state index contributed by atoms with van der Waals surface area (Å²) in [6.45, 7) is 5.35. The van der Waals surface area contributed by atoms with Crippen LogP contribution in [0, 0.1) is 24.6 Å². The molecule has 2 aliphatic rings. The number of amides is 2. The summed E-state index contributed by atoms with van der Waals surface area (Å²) < 4.78 is 21.0. The number of aryl methyl sites for hydroxylation is 1. The van der Waals surface area contributed by atoms with E-state index in [-0.39, 0.29) is 28.8 Å². The molecule has 0 unspecified atom stereocenters. The molecule has 0 bridgehead atoms. The molecule has 0 spiro atoms. The van der Waals surface area contributed by atoms with Gasteiger partial charge in [0.2, 0.25) is 0 Å². The summed E-state index contributed by atoms with van der Waals surface area (Å²) in [6, 6.07) is 4.62. The Kier molecular flexibility index (Phi) is 6.62. The zero-order valence-corrected chi connectivity index (χ0v) is 22.0. The van der Waals surface area contributed by atoms with Gasteiger partial charge in [0.25, 0.3) is 11.8 Å². The maximum absolute atomic E-state index is 16.1. The number of carbonyl (C=O) groups is 2. The van der Waals surface area contributed by atoms with Gasteiger partial charge in [-0.1, -0.05) is 24.9 Å². The smallest absolute Gasteiger partial charge is 0.257 e. The first-order chi connectivity index (χ1) is 18.9. The summed E-state index contributed by atoms with van der Waals surface area (Å²) in [5, 5.41) is 6.95. The number of nitrogens with zero attached hydrogens (tertiary/aromatic N) is 4. The summed E-state index contributed by atoms with van der Waals surface area (Å²) in [5.41, 5.74) is 2.68. The number of carbonyl (C=O) groups excluding carboxylic acids is 2. The number of hydrogen-bond acceptors (Lipinski definition) is 6. The van der Waals surface area contributed by atoms with Gasteiger partial charge in [-0.25, -0.2) is 9.37 Å². The molecule has 3 aromatic heterocycles. The monoisotopic (exact) mass is 530 g/mol. The summed E-state index contributed by atoms with van der Waals surface area (Å²) in [6.07, 6.45) is 9.34. The quantitative estimate of drug-likeness (QED) is 0.354. The topological polar surface area (TPSA) is 117 Å². The molecule has 9 nitrogen and oxygen atoms in total. The largest absolute Gasteiger partial charge is 0.364 e. The molecule has 4 heterocycles. The number of aromatic nitrogens is 4. The summed E-state index contributed by atoms with van der Waals surface area (Å²) in [5.74, 6) is 0.320. The molecule has 10 heteroatoms. The van der Waals surface area contributed by atoms with Crippen molar-refractivity contribution in [3.8, 4) is 11.1 Å². The van der Waals surface area contributed by atoms with Crippen molar-refractivity contribution in [1.29, 1.82) is 0 Å². The highest BCUT2D eigenvalue weighted by molar-refractivity contribution is 6.02. The summed E-state index contributed by atoms with van der Waals surface area (Å²) in [4.78, 5) is 40.0. The highest BCUT2D eigenvalue weighted by Gasteiger charge is 2.32. The molecule has 1 aliphatic carbocycles. The first-order valence-corrected chi connectivity index (χ1v) is 13.5. The second-order valence-corrected chi connectivity index (χ2v) is 10.8. The molecule has 2 fully saturated rings. The standard InChI is InChI=1S/C29H31FN6O3/c1-16-4-6-18(7-5-16)25(34-28(37)22-15-39-35-17(22)2)27-32-23-9-8-19(24(30)26(23)33-27)21-14-31-11-10-20(21)29(38)36-12-3-13-36/h8-11,14-16,18,25H,3-7,12-13H2,1-2H3,(H,32,33)(H,34,37)/t16?,18?,25-/m0/s1. The van der Waals surface area contributed by atoms with Crippen molar-refractivity contribution in [2.45, 2.75) is 52.0 Å². The van der Waals surface area contributed by atoms with Gasteiger partial charge < -0.3 is 19.7 Å². The number of nitrogens with one attached hydrogen (secondary N) is 2. The number of H-pyrrole nitrogens is 1. The molecule has 4 aromatic rings. The van der Waals surface area contributed by atoms with E-state index >= 15 is 4.39 Å². The fraction of sp³-hybridized carbons (Fsp3) is 0.414. The van der Waals surface area contributed by atoms with E-state index in [1.54, 1.807) is 36.2 Å². The van der Waals surface area contributed by atoms with Crippen LogP contribution in [0.2, 0.25) is 0 Å². The second kappa shape index (κ2) is 10.2. The molecular formula is C29H31FN6O3. The minimum absolute atomic E-state index is 0.126. The van der Waals surface area contributed by atoms with E-state index in [1.165, 1.54) is 12.5 Å². The van der Waals surface area contributed by atoms with Crippen LogP contribution in [0.4, 0.5) is 4.39 Å². The fourth-order valence-corrected chi connectivity index (χ4v) is 5.66. The highest BCUT2D eigenvalue weighted by atomic mass is 19.1. The molecule has 2 amide bonds. The van der Waals surface area contributed by atoms with Crippen molar-refractivity contribution in [3.63, 3.8) is 0 Å². The van der Waals surface area contributed by atoms with Crippen molar-refractivity contribution in [3.05, 3.63) is 65.3 Å². The van der Waals surface area contributed by atoms with E-state index in [4.69, 9.17) is 4.52 Å². The molecule has 39 heavy (non-hydrogen) atoms. The van der Waals surface area contributed by atoms with Crippen LogP contribution in [0.3, 0.4) is 0 Å². The Morgan fingerprint density at radius 3 is 2.62 bits per heavy atom. The zero-order chi connectivity index (χ0) is 27.1. The molecule has 1 aromatic carbocycles. The first-order valence-electron chi connectivity index (χ1n) is 13.5. The third kappa shape index (κ3) is 4.68. The zero-order valence-electron chi connectivity index (χ0n) is 22.0. The van der Waals surface area contributed by atoms with Crippen molar-refractivity contribution in [1.82, 2.24) is 30.3 Å². The molecule has 1 saturated heterocycles. The van der Waals surface area contributed by atoms with E-state index in [9.17, 15) is 9.59 Å². The van der Waals surface area contributed by atoms with Crippen molar-refractivity contribution < 1.29 is 18.5 Å². The van der Waals surface area contributed by atoms with Crippen LogP contribution < -0.4 is 5.32 Å². The molecule has 1 aliphatic heterocycles. The molecule has 1 atom stereocenters. The number of imidazole rings is 1. The van der Waals surface area contributed by atoms with Gasteiger partial charge in [0.1, 0.15) is 23.2 Å². The third-order valence-electron chi connectivity index (χ3n) is 8.20. The van der Waals surface area contributed by atoms with E-state index in [0.29, 0.717) is 52.7 Å². The molecule has 2 N–H and O–H groups in total. The Morgan fingerprint density at radius 1 is 1.13 bits per heavy atom. The predicted octanol–water partition coefficient (Wildman–Crippen LogP) is 5.20. The third-order valence-corrected chi connectivity index (χ3v) is 8.20. The van der Waals surface area contributed by atoms with Crippen LogP contribution in [-0.2, 0) is 0 Å². The first kappa shape index (κ1) is 25.2. The normalized spacial score (nSPS) is 20.0. The average molecular weight is 531 g/mol. The number of rotatable bonds is 6. The maximum Gasteiger partial charge on any atom is 0.257 e. The van der Waals surface area contributed by atoms with Crippen LogP contribution in [0.25, 0.3) is 22.2 Å². The Hall–Kier alpha value is -4.08. The predicted molar refractivity (Wildman–Crippen MR) is 142 cm³/mol. The summed E-state index contributed by atoms with van der Waals surface area (Å²) >= 11 is 0. The lowest BCUT2D eigenvalue weighted by Crippen LogP contribution is -2.42. The van der Waals surface area contributed by atoms with Gasteiger partial charge in [-0.2, -0.15) is 0 Å². The number of fused-ring (bicyclic) bond motifs is 1. The number of aromatic amines is 1. The minimum atomic E-state index is -0.530. The number of benzene rings is 1. The van der Waals surface area contributed by atoms with Crippen molar-refractivity contribution in [2.75, 3.05) is 13.1 Å². The van der Waals surface area contributed by atoms with Crippen LogP contribution in [0.1, 0.15) is 77.3 Å². The van der Waals surface area contributed by atoms with Crippen LogP contribution in [0.5, 0.6) is 0 Å². The van der Waals surface area contributed by atoms with E-state index in [1.807, 2.05) is 0 Å². The fourth-order valence-electron chi connectivity index (χ4n) is 5.66. The molecular weight excluding hydrogens is 499 g/mol. The van der Waals surface area contributed by atoms with Gasteiger partial charge >= 0.3 is 0 Å². The Balaban J connectivity index is 1.37. The number of hydrogen-bond donors (Lipinski definition) is 2. The van der Waals surface area contributed by atoms with Gasteiger partial charge in [0.15, 0.2) is 5.82 Å². The second-order valence-electron chi connectivity index (χ2n) is 10.8. The SMILES string of the molecule is Cc1nocc1C(=O)N[C@H](c1nc2c(F)c(-c3cnccc3C(=O)N3CCC3)ccc2[nH]1)C1CCC(C)CC1. The Labute approximate surface area is 225 Å². The van der Waals surface area contributed by atoms with Gasteiger partial charge in [0.05, 0.1) is 22.8 Å². The van der Waals surface area contributed by atoms with Gasteiger partial charge in [-0.05, 0) is 56.2 Å². The van der Waals surface area contributed by atoms with E-state index in [2.05, 4.69) is 32.3 Å². The number of likely N-dealkylation sites (tertiary alicyclic amines) is 1. The van der Waals surface area contributed by atoms with Crippen LogP contribution in [-0.4, -0.2) is 49.9 Å². The van der Waals surface area contributed by atoms with Crippen molar-refractivity contribution in [2.24, 2.45) is 11.8 Å². The highest BCUT2D eigenvalue weighted by Crippen LogP contribution is 2.38. The average Bonchev–Trinajstić information content (AvgIpc) is 3.54. The molecule has 202 valence electrons. The lowest BCUT2D eigenvalue weighted by atomic mass is 9.79. The van der Waals surface area contributed by atoms with E-state index in [0.717, 1.165) is 32.1 Å². The van der Waals surface area contributed by atoms with E-state index < -0.39 is 11.9 Å². The Bertz CT molecular complexity index is 1530. The van der Waals surface area contributed by atoms with Gasteiger partial charge in [-0.3, -0.25) is 14.6 Å². The summed E-state index contributed by atoms with van der Waals surface area (Å²) in [7, 11) is 0. The van der Waals surface area contributed by atoms with Crippen LogP contribution in [0.15, 0.2) is 41.4 Å². The minimum Gasteiger partial charge on any atom is -0.364 e. The van der Waals surface area contributed by atoms with Gasteiger partial charge in [0, 0.05) is 36.6 Å². The number of pyridine rings is 1. The lowest BCUT2D eigenvalue weighted by molar-refractivity contribution is 0.0652. The van der Waals surface area contributed by atoms with Crippen LogP contribution >= 0.6 is 0 Å². The maximum atomic E-state index is 16.1. The van der Waals surface area contributed by atoms with Gasteiger partial charge in [-0.15, -0.1) is 0 Å². The number of halogens is 1. The Morgan fingerprint density at radius 2 is 1.92 bits per heavy atom.